The zero-order chi connectivity index (χ0) is 20.9. The monoisotopic (exact) mass is 404 g/mol. The van der Waals surface area contributed by atoms with Crippen LogP contribution >= 0.6 is 0 Å². The molecule has 1 aromatic heterocycles. The number of aromatic nitrogens is 3. The Morgan fingerprint density at radius 3 is 2.50 bits per heavy atom. The number of para-hydroxylation sites is 1. The summed E-state index contributed by atoms with van der Waals surface area (Å²) in [6.45, 7) is 3.55. The fraction of sp³-hybridized carbons (Fsp3) is 0.375. The van der Waals surface area contributed by atoms with Crippen LogP contribution in [0.25, 0.3) is 5.69 Å². The lowest BCUT2D eigenvalue weighted by molar-refractivity contribution is -0.132. The van der Waals surface area contributed by atoms with Gasteiger partial charge in [-0.1, -0.05) is 48.5 Å². The molecule has 1 N–H and O–H groups in total. The average Bonchev–Trinajstić information content (AvgIpc) is 3.13. The molecule has 0 aliphatic carbocycles. The number of carbonyl (C=O) groups excluding carboxylic acids is 1. The predicted molar refractivity (Wildman–Crippen MR) is 117 cm³/mol. The molecular formula is C24H28N4O2. The predicted octanol–water partition coefficient (Wildman–Crippen LogP) is 3.28. The van der Waals surface area contributed by atoms with E-state index in [-0.39, 0.29) is 11.6 Å². The minimum absolute atomic E-state index is 0.201. The second kappa shape index (κ2) is 9.11. The summed E-state index contributed by atoms with van der Waals surface area (Å²) in [6.07, 6.45) is 3.95. The van der Waals surface area contributed by atoms with Crippen molar-refractivity contribution < 1.29 is 4.79 Å². The summed E-state index contributed by atoms with van der Waals surface area (Å²) >= 11 is 0. The van der Waals surface area contributed by atoms with Gasteiger partial charge in [-0.05, 0) is 49.3 Å². The van der Waals surface area contributed by atoms with Crippen LogP contribution in [0.1, 0.15) is 36.2 Å². The molecule has 3 aromatic rings. The van der Waals surface area contributed by atoms with E-state index in [2.05, 4.69) is 22.3 Å². The topological polar surface area (TPSA) is 71.0 Å². The molecule has 156 valence electrons. The lowest BCUT2D eigenvalue weighted by Crippen LogP contribution is -2.39. The second-order valence-corrected chi connectivity index (χ2v) is 8.08. The molecule has 0 saturated carbocycles. The second-order valence-electron chi connectivity index (χ2n) is 8.08. The molecule has 0 spiro atoms. The molecule has 1 aliphatic heterocycles. The summed E-state index contributed by atoms with van der Waals surface area (Å²) in [5, 5.41) is 6.89. The maximum Gasteiger partial charge on any atom is 0.347 e. The summed E-state index contributed by atoms with van der Waals surface area (Å²) in [7, 11) is 0. The first-order chi connectivity index (χ1) is 14.6. The number of rotatable bonds is 6. The number of benzene rings is 2. The lowest BCUT2D eigenvalue weighted by Gasteiger charge is -2.32. The maximum atomic E-state index is 12.6. The number of likely N-dealkylation sites (tertiary alicyclic amines) is 1. The number of hydrogen-bond donors (Lipinski definition) is 1. The van der Waals surface area contributed by atoms with Gasteiger partial charge in [0.05, 0.1) is 5.69 Å². The van der Waals surface area contributed by atoms with Crippen molar-refractivity contribution in [3.05, 3.63) is 82.0 Å². The van der Waals surface area contributed by atoms with Crippen molar-refractivity contribution >= 4 is 5.91 Å². The van der Waals surface area contributed by atoms with Crippen LogP contribution in [0.4, 0.5) is 0 Å². The van der Waals surface area contributed by atoms with Crippen molar-refractivity contribution in [2.24, 2.45) is 5.92 Å². The molecule has 6 nitrogen and oxygen atoms in total. The number of nitrogens with zero attached hydrogens (tertiary/aromatic N) is 3. The van der Waals surface area contributed by atoms with E-state index in [1.165, 1.54) is 5.56 Å². The molecule has 1 aliphatic rings. The SMILES string of the molecule is Cc1ccccc1-n1c(CC2CCN(C(=O)CCc3ccccc3)CC2)n[nH]c1=O. The van der Waals surface area contributed by atoms with Crippen molar-refractivity contribution in [2.75, 3.05) is 13.1 Å². The number of nitrogens with one attached hydrogen (secondary N) is 1. The largest absolute Gasteiger partial charge is 0.347 e. The zero-order valence-corrected chi connectivity index (χ0v) is 17.4. The van der Waals surface area contributed by atoms with Gasteiger partial charge in [0.25, 0.3) is 0 Å². The highest BCUT2D eigenvalue weighted by atomic mass is 16.2. The van der Waals surface area contributed by atoms with Crippen molar-refractivity contribution in [2.45, 2.75) is 39.0 Å². The normalized spacial score (nSPS) is 14.8. The Morgan fingerprint density at radius 2 is 1.77 bits per heavy atom. The van der Waals surface area contributed by atoms with Gasteiger partial charge in [0.2, 0.25) is 5.91 Å². The van der Waals surface area contributed by atoms with Gasteiger partial charge in [-0.3, -0.25) is 4.79 Å². The summed E-state index contributed by atoms with van der Waals surface area (Å²) in [5.41, 5.74) is 2.92. The van der Waals surface area contributed by atoms with Crippen LogP contribution in [0.2, 0.25) is 0 Å². The first-order valence-corrected chi connectivity index (χ1v) is 10.7. The average molecular weight is 405 g/mol. The summed E-state index contributed by atoms with van der Waals surface area (Å²) in [5.74, 6) is 1.41. The number of piperidine rings is 1. The lowest BCUT2D eigenvalue weighted by atomic mass is 9.93. The standard InChI is InChI=1S/C24H28N4O2/c1-18-7-5-6-10-21(18)28-22(25-26-24(28)30)17-20-13-15-27(16-14-20)23(29)12-11-19-8-3-2-4-9-19/h2-10,20H,11-17H2,1H3,(H,26,30). The first kappa shape index (κ1) is 20.1. The Labute approximate surface area is 176 Å². The molecule has 0 radical (unpaired) electrons. The van der Waals surface area contributed by atoms with Crippen molar-refractivity contribution in [1.29, 1.82) is 0 Å². The molecule has 30 heavy (non-hydrogen) atoms. The Kier molecular flexibility index (Phi) is 6.12. The Hall–Kier alpha value is -3.15. The van der Waals surface area contributed by atoms with Gasteiger partial charge in [0, 0.05) is 25.9 Å². The highest BCUT2D eigenvalue weighted by Crippen LogP contribution is 2.23. The Bertz CT molecular complexity index is 1050. The van der Waals surface area contributed by atoms with Gasteiger partial charge in [0.15, 0.2) is 0 Å². The number of aryl methyl sites for hydroxylation is 2. The summed E-state index contributed by atoms with van der Waals surface area (Å²) in [4.78, 5) is 26.9. The summed E-state index contributed by atoms with van der Waals surface area (Å²) < 4.78 is 1.69. The fourth-order valence-corrected chi connectivity index (χ4v) is 4.23. The van der Waals surface area contributed by atoms with E-state index >= 15 is 0 Å². The van der Waals surface area contributed by atoms with E-state index in [1.54, 1.807) is 4.57 Å². The minimum Gasteiger partial charge on any atom is -0.343 e. The first-order valence-electron chi connectivity index (χ1n) is 10.7. The Balaban J connectivity index is 1.34. The molecule has 2 aromatic carbocycles. The zero-order valence-electron chi connectivity index (χ0n) is 17.4. The van der Waals surface area contributed by atoms with E-state index in [4.69, 9.17) is 0 Å². The van der Waals surface area contributed by atoms with Crippen LogP contribution in [0.15, 0.2) is 59.4 Å². The van der Waals surface area contributed by atoms with Crippen LogP contribution in [0.3, 0.4) is 0 Å². The molecule has 0 bridgehead atoms. The fourth-order valence-electron chi connectivity index (χ4n) is 4.23. The van der Waals surface area contributed by atoms with E-state index in [1.807, 2.05) is 54.3 Å². The van der Waals surface area contributed by atoms with Gasteiger partial charge < -0.3 is 4.90 Å². The third-order valence-corrected chi connectivity index (χ3v) is 6.01. The van der Waals surface area contributed by atoms with Crippen LogP contribution in [-0.2, 0) is 17.6 Å². The van der Waals surface area contributed by atoms with Crippen LogP contribution in [-0.4, -0.2) is 38.7 Å². The van der Waals surface area contributed by atoms with Crippen LogP contribution in [0.5, 0.6) is 0 Å². The maximum absolute atomic E-state index is 12.6. The molecule has 0 unspecified atom stereocenters. The smallest absolute Gasteiger partial charge is 0.343 e. The van der Waals surface area contributed by atoms with Gasteiger partial charge in [-0.15, -0.1) is 0 Å². The van der Waals surface area contributed by atoms with Crippen molar-refractivity contribution in [3.8, 4) is 5.69 Å². The number of aromatic amines is 1. The summed E-state index contributed by atoms with van der Waals surface area (Å²) in [6, 6.07) is 18.0. The van der Waals surface area contributed by atoms with Crippen molar-refractivity contribution in [1.82, 2.24) is 19.7 Å². The van der Waals surface area contributed by atoms with Gasteiger partial charge in [-0.2, -0.15) is 5.10 Å². The third-order valence-electron chi connectivity index (χ3n) is 6.01. The van der Waals surface area contributed by atoms with E-state index < -0.39 is 0 Å². The molecular weight excluding hydrogens is 376 g/mol. The quantitative estimate of drug-likeness (QED) is 0.685. The molecule has 1 amide bonds. The van der Waals surface area contributed by atoms with E-state index in [9.17, 15) is 9.59 Å². The number of amides is 1. The van der Waals surface area contributed by atoms with Gasteiger partial charge in [0.1, 0.15) is 5.82 Å². The third kappa shape index (κ3) is 4.53. The number of carbonyl (C=O) groups is 1. The van der Waals surface area contributed by atoms with E-state index in [0.717, 1.165) is 55.8 Å². The Morgan fingerprint density at radius 1 is 1.07 bits per heavy atom. The molecule has 4 rings (SSSR count). The van der Waals surface area contributed by atoms with Crippen LogP contribution in [0, 0.1) is 12.8 Å². The molecule has 0 atom stereocenters. The van der Waals surface area contributed by atoms with E-state index in [0.29, 0.717) is 12.3 Å². The molecule has 2 heterocycles. The molecule has 1 fully saturated rings. The van der Waals surface area contributed by atoms with Gasteiger partial charge >= 0.3 is 5.69 Å². The highest BCUT2D eigenvalue weighted by molar-refractivity contribution is 5.76. The number of H-pyrrole nitrogens is 1. The number of hydrogen-bond acceptors (Lipinski definition) is 3. The highest BCUT2D eigenvalue weighted by Gasteiger charge is 2.25. The van der Waals surface area contributed by atoms with Crippen LogP contribution < -0.4 is 5.69 Å². The molecule has 1 saturated heterocycles. The minimum atomic E-state index is -0.201. The van der Waals surface area contributed by atoms with Gasteiger partial charge in [-0.25, -0.2) is 14.5 Å². The molecule has 6 heteroatoms. The van der Waals surface area contributed by atoms with Crippen molar-refractivity contribution in [3.63, 3.8) is 0 Å².